The fourth-order valence-electron chi connectivity index (χ4n) is 4.50. The number of hydrogen-bond acceptors (Lipinski definition) is 2. The van der Waals surface area contributed by atoms with Crippen LogP contribution in [0.4, 0.5) is 0 Å². The lowest BCUT2D eigenvalue weighted by atomic mass is 9.87. The molecule has 0 bridgehead atoms. The number of terminal acetylenes is 2. The van der Waals surface area contributed by atoms with Crippen molar-refractivity contribution in [2.75, 3.05) is 13.1 Å². The van der Waals surface area contributed by atoms with Gasteiger partial charge in [0.2, 0.25) is 0 Å². The third kappa shape index (κ3) is 5.68. The number of rotatable bonds is 8. The van der Waals surface area contributed by atoms with Gasteiger partial charge in [0.05, 0.1) is 13.1 Å². The van der Waals surface area contributed by atoms with Gasteiger partial charge in [-0.2, -0.15) is 0 Å². The van der Waals surface area contributed by atoms with E-state index in [1.807, 2.05) is 88.4 Å². The van der Waals surface area contributed by atoms with Crippen molar-refractivity contribution < 1.29 is 9.59 Å². The summed E-state index contributed by atoms with van der Waals surface area (Å²) in [6, 6.07) is 19.5. The monoisotopic (exact) mass is 476 g/mol. The van der Waals surface area contributed by atoms with Crippen molar-refractivity contribution in [3.63, 3.8) is 0 Å². The lowest BCUT2D eigenvalue weighted by Gasteiger charge is -2.27. The minimum absolute atomic E-state index is 0.137. The first kappa shape index (κ1) is 26.3. The largest absolute Gasteiger partial charge is 0.323 e. The Morgan fingerprint density at radius 1 is 0.611 bits per heavy atom. The molecule has 0 unspecified atom stereocenters. The van der Waals surface area contributed by atoms with Crippen molar-refractivity contribution in [3.05, 3.63) is 105 Å². The van der Waals surface area contributed by atoms with Gasteiger partial charge in [-0.1, -0.05) is 72.5 Å². The topological polar surface area (TPSA) is 40.6 Å². The fourth-order valence-corrected chi connectivity index (χ4v) is 4.50. The third-order valence-corrected chi connectivity index (χ3v) is 6.62. The van der Waals surface area contributed by atoms with Gasteiger partial charge in [0.15, 0.2) is 0 Å². The number of amides is 2. The first-order valence-electron chi connectivity index (χ1n) is 11.9. The smallest absolute Gasteiger partial charge is 0.255 e. The Labute approximate surface area is 214 Å². The fraction of sp³-hybridized carbons (Fsp3) is 0.250. The molecule has 0 heterocycles. The Morgan fingerprint density at radius 2 is 0.917 bits per heavy atom. The molecule has 182 valence electrons. The van der Waals surface area contributed by atoms with Crippen LogP contribution in [-0.4, -0.2) is 34.7 Å². The zero-order valence-corrected chi connectivity index (χ0v) is 21.5. The molecule has 3 aromatic rings. The van der Waals surface area contributed by atoms with E-state index in [0.717, 1.165) is 33.4 Å². The molecule has 0 atom stereocenters. The molecule has 0 fully saturated rings. The van der Waals surface area contributed by atoms with Gasteiger partial charge < -0.3 is 9.80 Å². The highest BCUT2D eigenvalue weighted by Crippen LogP contribution is 2.29. The molecule has 0 aliphatic rings. The summed E-state index contributed by atoms with van der Waals surface area (Å²) in [6.07, 6.45) is 11.2. The Balaban J connectivity index is 2.01. The van der Waals surface area contributed by atoms with Crippen LogP contribution in [0.2, 0.25) is 0 Å². The number of nitrogens with zero attached hydrogens (tertiary/aromatic N) is 2. The molecule has 36 heavy (non-hydrogen) atoms. The van der Waals surface area contributed by atoms with E-state index in [-0.39, 0.29) is 24.9 Å². The molecule has 0 aliphatic heterocycles. The third-order valence-electron chi connectivity index (χ3n) is 6.62. The molecule has 2 amide bonds. The van der Waals surface area contributed by atoms with Gasteiger partial charge in [-0.25, -0.2) is 0 Å². The van der Waals surface area contributed by atoms with E-state index in [1.165, 1.54) is 0 Å². The van der Waals surface area contributed by atoms with E-state index >= 15 is 0 Å². The molecule has 0 saturated heterocycles. The first-order valence-corrected chi connectivity index (χ1v) is 11.9. The van der Waals surface area contributed by atoms with Crippen LogP contribution >= 0.6 is 0 Å². The Bertz CT molecular complexity index is 1200. The Hall–Kier alpha value is -4.28. The van der Waals surface area contributed by atoms with E-state index in [1.54, 1.807) is 9.80 Å². The molecule has 0 saturated carbocycles. The highest BCUT2D eigenvalue weighted by molar-refractivity contribution is 6.03. The van der Waals surface area contributed by atoms with Gasteiger partial charge in [0, 0.05) is 24.2 Å². The van der Waals surface area contributed by atoms with Gasteiger partial charge in [0.1, 0.15) is 0 Å². The summed E-state index contributed by atoms with van der Waals surface area (Å²) in [5, 5.41) is 0. The normalized spacial score (nSPS) is 10.3. The van der Waals surface area contributed by atoms with Crippen LogP contribution in [0.25, 0.3) is 0 Å². The maximum absolute atomic E-state index is 13.8. The van der Waals surface area contributed by atoms with Crippen LogP contribution in [-0.2, 0) is 13.1 Å². The quantitative estimate of drug-likeness (QED) is 0.405. The van der Waals surface area contributed by atoms with Gasteiger partial charge in [-0.05, 0) is 61.1 Å². The molecule has 4 heteroatoms. The van der Waals surface area contributed by atoms with Crippen molar-refractivity contribution in [3.8, 4) is 24.7 Å². The predicted molar refractivity (Wildman–Crippen MR) is 145 cm³/mol. The van der Waals surface area contributed by atoms with Crippen LogP contribution in [0.15, 0.2) is 60.7 Å². The average molecular weight is 477 g/mol. The Morgan fingerprint density at radius 3 is 1.19 bits per heavy atom. The van der Waals surface area contributed by atoms with Crippen molar-refractivity contribution in [2.24, 2.45) is 0 Å². The van der Waals surface area contributed by atoms with E-state index < -0.39 is 0 Å². The number of benzene rings is 3. The van der Waals surface area contributed by atoms with Gasteiger partial charge in [0.25, 0.3) is 11.8 Å². The standard InChI is InChI=1S/C32H32N2O2/c1-7-19-33(21-27-15-11-9-12-16-27)31(35)29-23(3)25(5)30(26(6)24(29)4)32(36)34(20-8-2)22-28-17-13-10-14-18-28/h1-2,9-18H,19-22H2,3-6H3. The lowest BCUT2D eigenvalue weighted by Crippen LogP contribution is -2.34. The van der Waals surface area contributed by atoms with E-state index in [2.05, 4.69) is 11.8 Å². The summed E-state index contributed by atoms with van der Waals surface area (Å²) in [5.41, 5.74) is 6.32. The van der Waals surface area contributed by atoms with E-state index in [4.69, 9.17) is 12.8 Å². The zero-order valence-electron chi connectivity index (χ0n) is 21.5. The summed E-state index contributed by atoms with van der Waals surface area (Å²) >= 11 is 0. The number of hydrogen-bond donors (Lipinski definition) is 0. The molecule has 3 aromatic carbocycles. The second kappa shape index (κ2) is 11.9. The maximum atomic E-state index is 13.8. The van der Waals surface area contributed by atoms with Crippen LogP contribution in [0, 0.1) is 52.4 Å². The SMILES string of the molecule is C#CCN(Cc1ccccc1)C(=O)c1c(C)c(C)c(C(=O)N(CC#C)Cc2ccccc2)c(C)c1C. The zero-order chi connectivity index (χ0) is 26.2. The van der Waals surface area contributed by atoms with E-state index in [0.29, 0.717) is 24.2 Å². The van der Waals surface area contributed by atoms with Crippen molar-refractivity contribution in [1.82, 2.24) is 9.80 Å². The summed E-state index contributed by atoms with van der Waals surface area (Å²) in [6.45, 7) is 8.78. The summed E-state index contributed by atoms with van der Waals surface area (Å²) in [4.78, 5) is 30.8. The van der Waals surface area contributed by atoms with Crippen molar-refractivity contribution in [2.45, 2.75) is 40.8 Å². The lowest BCUT2D eigenvalue weighted by molar-refractivity contribution is 0.0751. The highest BCUT2D eigenvalue weighted by Gasteiger charge is 2.28. The summed E-state index contributed by atoms with van der Waals surface area (Å²) in [5.74, 6) is 4.95. The van der Waals surface area contributed by atoms with Crippen LogP contribution in [0.5, 0.6) is 0 Å². The van der Waals surface area contributed by atoms with Gasteiger partial charge in [-0.3, -0.25) is 9.59 Å². The molecule has 4 nitrogen and oxygen atoms in total. The minimum atomic E-state index is -0.137. The van der Waals surface area contributed by atoms with E-state index in [9.17, 15) is 9.59 Å². The maximum Gasteiger partial charge on any atom is 0.255 e. The van der Waals surface area contributed by atoms with Crippen LogP contribution in [0.3, 0.4) is 0 Å². The molecule has 0 N–H and O–H groups in total. The van der Waals surface area contributed by atoms with Crippen molar-refractivity contribution in [1.29, 1.82) is 0 Å². The molecule has 0 radical (unpaired) electrons. The van der Waals surface area contributed by atoms with Crippen LogP contribution in [0.1, 0.15) is 54.1 Å². The second-order valence-corrected chi connectivity index (χ2v) is 8.95. The van der Waals surface area contributed by atoms with Gasteiger partial charge >= 0.3 is 0 Å². The molecule has 3 rings (SSSR count). The van der Waals surface area contributed by atoms with Gasteiger partial charge in [-0.15, -0.1) is 12.8 Å². The predicted octanol–water partition coefficient (Wildman–Crippen LogP) is 5.47. The number of carbonyl (C=O) groups excluding carboxylic acids is 2. The minimum Gasteiger partial charge on any atom is -0.323 e. The molecular formula is C32H32N2O2. The van der Waals surface area contributed by atoms with Crippen molar-refractivity contribution >= 4 is 11.8 Å². The Kier molecular flexibility index (Phi) is 8.71. The number of carbonyl (C=O) groups is 2. The first-order chi connectivity index (χ1) is 17.3. The second-order valence-electron chi connectivity index (χ2n) is 8.95. The van der Waals surface area contributed by atoms with Crippen LogP contribution < -0.4 is 0 Å². The summed E-state index contributed by atoms with van der Waals surface area (Å²) in [7, 11) is 0. The molecular weight excluding hydrogens is 444 g/mol. The highest BCUT2D eigenvalue weighted by atomic mass is 16.2. The molecule has 0 aromatic heterocycles. The molecule has 0 aliphatic carbocycles. The summed E-state index contributed by atoms with van der Waals surface area (Å²) < 4.78 is 0. The molecule has 0 spiro atoms. The average Bonchev–Trinajstić information content (AvgIpc) is 2.88.